The van der Waals surface area contributed by atoms with Crippen LogP contribution in [0, 0.1) is 34.0 Å². The third kappa shape index (κ3) is 2.29. The minimum Gasteiger partial charge on any atom is -0.465 e. The highest BCUT2D eigenvalue weighted by Gasteiger charge is 2.73. The maximum absolute atomic E-state index is 13.0. The average Bonchev–Trinajstić information content (AvgIpc) is 3.02. The molecule has 4 aliphatic carbocycles. The molecule has 5 nitrogen and oxygen atoms in total. The summed E-state index contributed by atoms with van der Waals surface area (Å²) < 4.78 is 12.5. The number of carbonyl (C=O) groups excluding carboxylic acids is 3. The molecule has 8 atom stereocenters. The smallest absolute Gasteiger partial charge is 0.312 e. The first kappa shape index (κ1) is 20.1. The van der Waals surface area contributed by atoms with Gasteiger partial charge in [0.1, 0.15) is 5.60 Å². The number of fused-ring (bicyclic) bond motifs is 3. The van der Waals surface area contributed by atoms with E-state index < -0.39 is 5.60 Å². The third-order valence-corrected chi connectivity index (χ3v) is 11.0. The molecule has 0 aromatic heterocycles. The fourth-order valence-corrected chi connectivity index (χ4v) is 9.69. The highest BCUT2D eigenvalue weighted by atomic mass is 16.5. The van der Waals surface area contributed by atoms with E-state index >= 15 is 0 Å². The summed E-state index contributed by atoms with van der Waals surface area (Å²) in [6.07, 6.45) is 10.9. The molecule has 2 bridgehead atoms. The Morgan fingerprint density at radius 3 is 2.48 bits per heavy atom. The Hall–Kier alpha value is -1.49. The molecule has 5 heteroatoms. The zero-order chi connectivity index (χ0) is 21.9. The maximum Gasteiger partial charge on any atom is 0.312 e. The Bertz CT molecular complexity index is 923. The van der Waals surface area contributed by atoms with Gasteiger partial charge in [-0.1, -0.05) is 13.3 Å². The van der Waals surface area contributed by atoms with Crippen molar-refractivity contribution in [2.75, 3.05) is 6.61 Å². The second-order valence-electron chi connectivity index (χ2n) is 12.3. The van der Waals surface area contributed by atoms with Gasteiger partial charge in [0.25, 0.3) is 0 Å². The number of esters is 1. The summed E-state index contributed by atoms with van der Waals surface area (Å²) in [7, 11) is 0. The molecule has 3 saturated carbocycles. The van der Waals surface area contributed by atoms with Crippen molar-refractivity contribution >= 4 is 17.5 Å². The molecule has 2 saturated heterocycles. The molecule has 0 aromatic rings. The van der Waals surface area contributed by atoms with Gasteiger partial charge in [0.15, 0.2) is 11.6 Å². The second-order valence-corrected chi connectivity index (χ2v) is 12.3. The van der Waals surface area contributed by atoms with Crippen LogP contribution >= 0.6 is 0 Å². The molecular formula is C26H34O5. The standard InChI is InChI=1S/C26H34O5/c1-22-11-7-18-23(2)9-4-10-25(18,15-30-21(23)29)17(22)8-12-24(3)19(22)14-26(31-24)13-16(27)5-6-20(26)28/h5-6,17-19H,4,7-15H2,1-3H3/t17-,18-,19-,22+,23-,24-,25-,26+/m0/s1. The van der Waals surface area contributed by atoms with E-state index in [1.54, 1.807) is 0 Å². The van der Waals surface area contributed by atoms with Crippen molar-refractivity contribution in [2.45, 2.75) is 89.8 Å². The van der Waals surface area contributed by atoms with Crippen LogP contribution in [-0.2, 0) is 23.9 Å². The van der Waals surface area contributed by atoms with Gasteiger partial charge < -0.3 is 9.47 Å². The van der Waals surface area contributed by atoms with Gasteiger partial charge in [0, 0.05) is 11.8 Å². The van der Waals surface area contributed by atoms with Crippen LogP contribution in [0.25, 0.3) is 0 Å². The number of ether oxygens (including phenoxy) is 2. The molecule has 2 heterocycles. The molecule has 0 unspecified atom stereocenters. The van der Waals surface area contributed by atoms with Gasteiger partial charge in [-0.05, 0) is 94.1 Å². The normalized spacial score (nSPS) is 55.5. The van der Waals surface area contributed by atoms with E-state index in [1.165, 1.54) is 12.2 Å². The molecule has 6 rings (SSSR count). The Balaban J connectivity index is 1.41. The van der Waals surface area contributed by atoms with Crippen molar-refractivity contribution in [3.05, 3.63) is 12.2 Å². The van der Waals surface area contributed by atoms with Crippen LogP contribution in [0.2, 0.25) is 0 Å². The molecule has 1 spiro atoms. The van der Waals surface area contributed by atoms with E-state index in [2.05, 4.69) is 20.8 Å². The number of ketones is 2. The van der Waals surface area contributed by atoms with Gasteiger partial charge in [-0.3, -0.25) is 14.4 Å². The van der Waals surface area contributed by atoms with Crippen molar-refractivity contribution in [3.8, 4) is 0 Å². The molecule has 168 valence electrons. The van der Waals surface area contributed by atoms with Crippen molar-refractivity contribution in [1.82, 2.24) is 0 Å². The summed E-state index contributed by atoms with van der Waals surface area (Å²) in [5.74, 6) is 1.07. The highest BCUT2D eigenvalue weighted by molar-refractivity contribution is 6.09. The van der Waals surface area contributed by atoms with Gasteiger partial charge in [-0.15, -0.1) is 0 Å². The zero-order valence-electron chi connectivity index (χ0n) is 19.0. The summed E-state index contributed by atoms with van der Waals surface area (Å²) in [6, 6.07) is 0. The lowest BCUT2D eigenvalue weighted by atomic mass is 9.37. The first-order valence-corrected chi connectivity index (χ1v) is 12.2. The zero-order valence-corrected chi connectivity index (χ0v) is 19.0. The van der Waals surface area contributed by atoms with Gasteiger partial charge in [0.2, 0.25) is 0 Å². The quantitative estimate of drug-likeness (QED) is 0.544. The Morgan fingerprint density at radius 2 is 1.68 bits per heavy atom. The van der Waals surface area contributed by atoms with Gasteiger partial charge in [0.05, 0.1) is 17.6 Å². The summed E-state index contributed by atoms with van der Waals surface area (Å²) in [5.41, 5.74) is -1.61. The van der Waals surface area contributed by atoms with Crippen LogP contribution in [0.1, 0.15) is 78.6 Å². The highest BCUT2D eigenvalue weighted by Crippen LogP contribution is 2.73. The Labute approximate surface area is 184 Å². The first-order valence-electron chi connectivity index (χ1n) is 12.2. The summed E-state index contributed by atoms with van der Waals surface area (Å²) in [6.45, 7) is 7.30. The SMILES string of the molecule is C[C@@]12CC[C@@H]3[C@]4(CCC[C@]3(C)C(=O)OC4)[C@H]1CC[C@]1(C)O[C@]3(CC(=O)C=CC3=O)C[C@@H]21. The fourth-order valence-electron chi connectivity index (χ4n) is 9.69. The molecular weight excluding hydrogens is 392 g/mol. The monoisotopic (exact) mass is 426 g/mol. The first-order chi connectivity index (χ1) is 14.6. The number of hydrogen-bond acceptors (Lipinski definition) is 5. The number of carbonyl (C=O) groups is 3. The largest absolute Gasteiger partial charge is 0.465 e. The minimum atomic E-state index is -0.974. The third-order valence-electron chi connectivity index (χ3n) is 11.0. The number of allylic oxidation sites excluding steroid dienone is 1. The van der Waals surface area contributed by atoms with Crippen LogP contribution in [0.4, 0.5) is 0 Å². The predicted octanol–water partition coefficient (Wildman–Crippen LogP) is 4.18. The second kappa shape index (κ2) is 5.89. The Kier molecular flexibility index (Phi) is 3.83. The topological polar surface area (TPSA) is 69.7 Å². The molecule has 0 amide bonds. The van der Waals surface area contributed by atoms with E-state index in [1.807, 2.05) is 0 Å². The van der Waals surface area contributed by atoms with Crippen LogP contribution in [-0.4, -0.2) is 35.3 Å². The molecule has 0 aromatic carbocycles. The van der Waals surface area contributed by atoms with Crippen molar-refractivity contribution in [1.29, 1.82) is 0 Å². The maximum atomic E-state index is 13.0. The molecule has 2 aliphatic heterocycles. The van der Waals surface area contributed by atoms with Crippen LogP contribution in [0.3, 0.4) is 0 Å². The van der Waals surface area contributed by atoms with E-state index in [0.29, 0.717) is 24.9 Å². The van der Waals surface area contributed by atoms with Gasteiger partial charge >= 0.3 is 5.97 Å². The van der Waals surface area contributed by atoms with Gasteiger partial charge in [-0.2, -0.15) is 0 Å². The lowest BCUT2D eigenvalue weighted by molar-refractivity contribution is -0.252. The van der Waals surface area contributed by atoms with E-state index in [0.717, 1.165) is 44.9 Å². The summed E-state index contributed by atoms with van der Waals surface area (Å²) in [4.78, 5) is 38.0. The van der Waals surface area contributed by atoms with E-state index in [9.17, 15) is 14.4 Å². The number of hydrogen-bond donors (Lipinski definition) is 0. The van der Waals surface area contributed by atoms with Crippen molar-refractivity contribution < 1.29 is 23.9 Å². The lowest BCUT2D eigenvalue weighted by Gasteiger charge is -2.68. The molecule has 5 fully saturated rings. The summed E-state index contributed by atoms with van der Waals surface area (Å²) in [5, 5.41) is 0. The van der Waals surface area contributed by atoms with Crippen LogP contribution in [0.15, 0.2) is 12.2 Å². The molecule has 0 N–H and O–H groups in total. The van der Waals surface area contributed by atoms with E-state index in [-0.39, 0.29) is 51.7 Å². The molecule has 31 heavy (non-hydrogen) atoms. The van der Waals surface area contributed by atoms with Gasteiger partial charge in [-0.25, -0.2) is 0 Å². The van der Waals surface area contributed by atoms with Crippen LogP contribution in [0.5, 0.6) is 0 Å². The predicted molar refractivity (Wildman–Crippen MR) is 113 cm³/mol. The van der Waals surface area contributed by atoms with E-state index in [4.69, 9.17) is 9.47 Å². The number of cyclic esters (lactones) is 1. The van der Waals surface area contributed by atoms with Crippen molar-refractivity contribution in [2.24, 2.45) is 34.0 Å². The molecule has 6 aliphatic rings. The minimum absolute atomic E-state index is 0.00640. The molecule has 0 radical (unpaired) electrons. The number of rotatable bonds is 0. The Morgan fingerprint density at radius 1 is 0.903 bits per heavy atom. The van der Waals surface area contributed by atoms with Crippen molar-refractivity contribution in [3.63, 3.8) is 0 Å². The fraction of sp³-hybridized carbons (Fsp3) is 0.808. The lowest BCUT2D eigenvalue weighted by Crippen LogP contribution is -2.67. The average molecular weight is 427 g/mol. The van der Waals surface area contributed by atoms with Crippen LogP contribution < -0.4 is 0 Å². The summed E-state index contributed by atoms with van der Waals surface area (Å²) >= 11 is 0.